The predicted octanol–water partition coefficient (Wildman–Crippen LogP) is 1.75. The number of sulfonamides is 1. The Hall–Kier alpha value is -2.79. The minimum absolute atomic E-state index is 0.254. The Labute approximate surface area is 202 Å². The quantitative estimate of drug-likeness (QED) is 0.503. The third-order valence-electron chi connectivity index (χ3n) is 5.38. The van der Waals surface area contributed by atoms with Gasteiger partial charge in [0.2, 0.25) is 5.95 Å². The average Bonchev–Trinajstić information content (AvgIpc) is 3.46. The van der Waals surface area contributed by atoms with E-state index in [0.29, 0.717) is 23.4 Å². The third kappa shape index (κ3) is 5.64. The lowest BCUT2D eigenvalue weighted by molar-refractivity contribution is 0.0692. The number of halogens is 1. The number of nitriles is 1. The normalized spacial score (nSPS) is 24.8. The van der Waals surface area contributed by atoms with Gasteiger partial charge in [-0.25, -0.2) is 13.4 Å². The molecule has 3 unspecified atom stereocenters. The maximum atomic E-state index is 12.3. The number of nitrogens with one attached hydrogen (secondary N) is 2. The van der Waals surface area contributed by atoms with E-state index in [1.807, 2.05) is 6.07 Å². The van der Waals surface area contributed by atoms with Crippen LogP contribution in [-0.4, -0.2) is 71.6 Å². The van der Waals surface area contributed by atoms with Gasteiger partial charge < -0.3 is 20.1 Å². The van der Waals surface area contributed by atoms with Crippen LogP contribution < -0.4 is 10.6 Å². The molecule has 0 saturated carbocycles. The highest BCUT2D eigenvalue weighted by Gasteiger charge is 2.47. The number of nitrogens with zero attached hydrogens (tertiary/aromatic N) is 6. The molecule has 0 aliphatic carbocycles. The van der Waals surface area contributed by atoms with Gasteiger partial charge in [0.1, 0.15) is 11.1 Å². The Bertz CT molecular complexity index is 1230. The van der Waals surface area contributed by atoms with Crippen molar-refractivity contribution in [3.05, 3.63) is 23.6 Å². The molecule has 2 N–H and O–H groups in total. The van der Waals surface area contributed by atoms with Crippen LogP contribution in [0.15, 0.2) is 23.0 Å². The molecule has 2 fully saturated rings. The standard InChI is InChI=1S/C20H25ClN8O4S/c1-20(2,10-22)11-34(30,31)25-4-12-8-32-17-15(9-33-16(12)17)27-18-14(21)6-23-19(28-18)26-13-5-24-29(3)7-13/h4-7,12,15-17H,8-9,11H2,1-3H3,(H2,23,26,27,28)/b25-4+/t12?,15-,16?,17?/m1/s1. The van der Waals surface area contributed by atoms with E-state index >= 15 is 0 Å². The molecule has 0 radical (unpaired) electrons. The number of hydrogen-bond donors (Lipinski definition) is 2. The smallest absolute Gasteiger partial charge is 0.254 e. The molecular formula is C20H25ClN8O4S. The number of ether oxygens (including phenoxy) is 2. The summed E-state index contributed by atoms with van der Waals surface area (Å²) in [6.07, 6.45) is 5.57. The van der Waals surface area contributed by atoms with Crippen molar-refractivity contribution < 1.29 is 17.9 Å². The molecule has 0 spiro atoms. The summed E-state index contributed by atoms with van der Waals surface area (Å²) >= 11 is 6.29. The summed E-state index contributed by atoms with van der Waals surface area (Å²) in [6.45, 7) is 3.70. The third-order valence-corrected chi connectivity index (χ3v) is 7.18. The van der Waals surface area contributed by atoms with E-state index < -0.39 is 15.4 Å². The van der Waals surface area contributed by atoms with E-state index in [9.17, 15) is 8.42 Å². The molecule has 4 atom stereocenters. The minimum atomic E-state index is -3.79. The summed E-state index contributed by atoms with van der Waals surface area (Å²) in [5.74, 6) is 0.0689. The van der Waals surface area contributed by atoms with Gasteiger partial charge in [-0.15, -0.1) is 0 Å². The maximum absolute atomic E-state index is 12.3. The van der Waals surface area contributed by atoms with Gasteiger partial charge in [0, 0.05) is 25.4 Å². The van der Waals surface area contributed by atoms with Crippen molar-refractivity contribution in [2.45, 2.75) is 32.1 Å². The van der Waals surface area contributed by atoms with Crippen LogP contribution >= 0.6 is 11.6 Å². The number of hydrogen-bond acceptors (Lipinski definition) is 10. The molecule has 0 bridgehead atoms. The summed E-state index contributed by atoms with van der Waals surface area (Å²) in [7, 11) is -1.99. The summed E-state index contributed by atoms with van der Waals surface area (Å²) in [4.78, 5) is 8.63. The van der Waals surface area contributed by atoms with Gasteiger partial charge in [0.25, 0.3) is 10.0 Å². The van der Waals surface area contributed by atoms with Crippen LogP contribution in [-0.2, 0) is 26.5 Å². The van der Waals surface area contributed by atoms with Crippen molar-refractivity contribution in [3.8, 4) is 6.07 Å². The first-order chi connectivity index (χ1) is 16.0. The van der Waals surface area contributed by atoms with Crippen molar-refractivity contribution in [3.63, 3.8) is 0 Å². The van der Waals surface area contributed by atoms with E-state index in [4.69, 9.17) is 26.3 Å². The molecule has 12 nitrogen and oxygen atoms in total. The van der Waals surface area contributed by atoms with Crippen molar-refractivity contribution >= 4 is 45.3 Å². The molecule has 34 heavy (non-hydrogen) atoms. The van der Waals surface area contributed by atoms with Crippen molar-refractivity contribution in [2.75, 3.05) is 29.6 Å². The highest BCUT2D eigenvalue weighted by molar-refractivity contribution is 7.90. The Morgan fingerprint density at radius 1 is 1.35 bits per heavy atom. The van der Waals surface area contributed by atoms with Crippen molar-refractivity contribution in [1.82, 2.24) is 19.7 Å². The fourth-order valence-corrected chi connectivity index (χ4v) is 5.33. The first kappa shape index (κ1) is 24.3. The van der Waals surface area contributed by atoms with Crippen LogP contribution in [0.3, 0.4) is 0 Å². The van der Waals surface area contributed by atoms with Crippen LogP contribution in [0.5, 0.6) is 0 Å². The Kier molecular flexibility index (Phi) is 6.77. The van der Waals surface area contributed by atoms with Gasteiger partial charge in [0.05, 0.1) is 60.7 Å². The lowest BCUT2D eigenvalue weighted by Gasteiger charge is -2.19. The largest absolute Gasteiger partial charge is 0.372 e. The summed E-state index contributed by atoms with van der Waals surface area (Å²) < 4.78 is 41.8. The Balaban J connectivity index is 1.40. The molecule has 0 amide bonds. The lowest BCUT2D eigenvalue weighted by atomic mass is 10.00. The second kappa shape index (κ2) is 9.46. The molecule has 14 heteroatoms. The molecule has 0 aromatic carbocycles. The lowest BCUT2D eigenvalue weighted by Crippen LogP contribution is -2.35. The molecular weight excluding hydrogens is 484 g/mol. The summed E-state index contributed by atoms with van der Waals surface area (Å²) in [6, 6.07) is 1.72. The summed E-state index contributed by atoms with van der Waals surface area (Å²) in [5, 5.41) is 19.8. The second-order valence-electron chi connectivity index (χ2n) is 8.90. The molecule has 182 valence electrons. The van der Waals surface area contributed by atoms with Gasteiger partial charge >= 0.3 is 0 Å². The Morgan fingerprint density at radius 3 is 2.82 bits per heavy atom. The zero-order chi connectivity index (χ0) is 24.5. The van der Waals surface area contributed by atoms with Gasteiger partial charge in [-0.3, -0.25) is 4.68 Å². The number of aryl methyl sites for hydroxylation is 1. The highest BCUT2D eigenvalue weighted by Crippen LogP contribution is 2.33. The SMILES string of the molecule is Cn1cc(Nc2ncc(Cl)c(N[C@@H]3COC4C(/C=N/S(=O)(=O)CC(C)(C)C#N)COC43)n2)cn1. The fraction of sp³-hybridized carbons (Fsp3) is 0.550. The number of fused-ring (bicyclic) bond motifs is 1. The van der Waals surface area contributed by atoms with Crippen LogP contribution in [0.4, 0.5) is 17.5 Å². The topological polar surface area (TPSA) is 156 Å². The number of anilines is 3. The number of rotatable bonds is 8. The zero-order valence-corrected chi connectivity index (χ0v) is 20.4. The molecule has 2 aliphatic rings. The van der Waals surface area contributed by atoms with E-state index in [1.165, 1.54) is 12.4 Å². The minimum Gasteiger partial charge on any atom is -0.372 e. The zero-order valence-electron chi connectivity index (χ0n) is 18.8. The maximum Gasteiger partial charge on any atom is 0.254 e. The first-order valence-corrected chi connectivity index (χ1v) is 12.5. The van der Waals surface area contributed by atoms with Crippen molar-refractivity contribution in [2.24, 2.45) is 22.8 Å². The van der Waals surface area contributed by atoms with E-state index in [0.717, 1.165) is 5.69 Å². The van der Waals surface area contributed by atoms with E-state index in [2.05, 4.69) is 30.1 Å². The van der Waals surface area contributed by atoms with Crippen LogP contribution in [0.1, 0.15) is 13.8 Å². The predicted molar refractivity (Wildman–Crippen MR) is 126 cm³/mol. The molecule has 4 heterocycles. The van der Waals surface area contributed by atoms with Gasteiger partial charge in [0.15, 0.2) is 5.82 Å². The first-order valence-electron chi connectivity index (χ1n) is 10.5. The Morgan fingerprint density at radius 2 is 2.12 bits per heavy atom. The molecule has 2 saturated heterocycles. The molecule has 2 aliphatic heterocycles. The van der Waals surface area contributed by atoms with Crippen LogP contribution in [0.2, 0.25) is 5.02 Å². The van der Waals surface area contributed by atoms with Crippen LogP contribution in [0, 0.1) is 22.7 Å². The fourth-order valence-electron chi connectivity index (χ4n) is 3.80. The van der Waals surface area contributed by atoms with Crippen LogP contribution in [0.25, 0.3) is 0 Å². The van der Waals surface area contributed by atoms with E-state index in [1.54, 1.807) is 38.0 Å². The number of aromatic nitrogens is 4. The van der Waals surface area contributed by atoms with E-state index in [-0.39, 0.29) is 36.5 Å². The van der Waals surface area contributed by atoms with Gasteiger partial charge in [-0.05, 0) is 13.8 Å². The van der Waals surface area contributed by atoms with Crippen molar-refractivity contribution in [1.29, 1.82) is 5.26 Å². The summed E-state index contributed by atoms with van der Waals surface area (Å²) in [5.41, 5.74) is -0.292. The highest BCUT2D eigenvalue weighted by atomic mass is 35.5. The van der Waals surface area contributed by atoms with Gasteiger partial charge in [-0.2, -0.15) is 19.7 Å². The molecule has 2 aromatic rings. The second-order valence-corrected chi connectivity index (χ2v) is 11.0. The van der Waals surface area contributed by atoms with Gasteiger partial charge in [-0.1, -0.05) is 11.6 Å². The average molecular weight is 509 g/mol. The molecule has 4 rings (SSSR count). The monoisotopic (exact) mass is 508 g/mol. The molecule has 2 aromatic heterocycles.